The Kier molecular flexibility index (Phi) is 15.4. The van der Waals surface area contributed by atoms with Crippen LogP contribution in [0.2, 0.25) is 0 Å². The van der Waals surface area contributed by atoms with Crippen LogP contribution in [0.4, 0.5) is 0 Å². The van der Waals surface area contributed by atoms with E-state index in [0.29, 0.717) is 21.5 Å². The van der Waals surface area contributed by atoms with Gasteiger partial charge < -0.3 is 35.8 Å². The normalized spacial score (nSPS) is 8.57. The number of rotatable bonds is 2. The quantitative estimate of drug-likeness (QED) is 0.171. The summed E-state index contributed by atoms with van der Waals surface area (Å²) in [5.41, 5.74) is 1.84. The predicted octanol–water partition coefficient (Wildman–Crippen LogP) is 4.25. The molecule has 2 heterocycles. The van der Waals surface area contributed by atoms with Crippen LogP contribution in [-0.4, -0.2) is 20.4 Å². The molecular weight excluding hydrogens is 520 g/mol. The largest absolute Gasteiger partial charge is 2.00 e. The molecule has 4 rings (SSSR count). The fraction of sp³-hybridized carbons (Fsp3) is 0. The molecule has 12 heteroatoms. The maximum atomic E-state index is 5.12. The van der Waals surface area contributed by atoms with Gasteiger partial charge in [0.2, 0.25) is 11.8 Å². The van der Waals surface area contributed by atoms with Crippen LogP contribution >= 0.6 is 24.4 Å². The molecule has 0 unspecified atom stereocenters. The molecular formula is C16H14Fe2N4O2S4. The molecule has 0 radical (unpaired) electrons. The van der Waals surface area contributed by atoms with E-state index >= 15 is 0 Å². The molecule has 28 heavy (non-hydrogen) atoms. The molecule has 2 aromatic heterocycles. The van der Waals surface area contributed by atoms with Crippen molar-refractivity contribution in [2.45, 2.75) is 0 Å². The molecule has 0 bridgehead atoms. The summed E-state index contributed by atoms with van der Waals surface area (Å²) in [5.74, 6) is 1.06. The third-order valence-electron chi connectivity index (χ3n) is 2.92. The summed E-state index contributed by atoms with van der Waals surface area (Å²) in [6.07, 6.45) is 0. The van der Waals surface area contributed by atoms with E-state index in [4.69, 9.17) is 33.3 Å². The Bertz CT molecular complexity index is 936. The van der Waals surface area contributed by atoms with Gasteiger partial charge in [0.1, 0.15) is 0 Å². The van der Waals surface area contributed by atoms with Gasteiger partial charge in [0, 0.05) is 28.2 Å². The number of hydrogen-bond acceptors (Lipinski definition) is 8. The molecule has 2 aromatic carbocycles. The first kappa shape index (κ1) is 29.1. The van der Waals surface area contributed by atoms with E-state index in [0.717, 1.165) is 11.1 Å². The van der Waals surface area contributed by atoms with E-state index in [1.807, 2.05) is 60.7 Å². The van der Waals surface area contributed by atoms with Gasteiger partial charge in [-0.25, -0.2) is 10.2 Å². The van der Waals surface area contributed by atoms with Crippen molar-refractivity contribution in [3.8, 4) is 22.9 Å². The number of benzene rings is 2. The summed E-state index contributed by atoms with van der Waals surface area (Å²) in [5, 5.41) is 12.9. The average molecular weight is 534 g/mol. The molecule has 150 valence electrons. The van der Waals surface area contributed by atoms with E-state index in [-0.39, 0.29) is 61.1 Å². The first-order valence-corrected chi connectivity index (χ1v) is 7.76. The molecule has 0 saturated carbocycles. The van der Waals surface area contributed by atoms with Gasteiger partial charge in [-0.2, -0.15) is 0 Å². The van der Waals surface area contributed by atoms with E-state index in [1.165, 1.54) is 0 Å². The number of H-pyrrole nitrogens is 2. The van der Waals surface area contributed by atoms with Crippen LogP contribution in [0.25, 0.3) is 22.9 Å². The van der Waals surface area contributed by atoms with E-state index < -0.39 is 0 Å². The molecule has 2 N–H and O–H groups in total. The minimum atomic E-state index is 0. The Hall–Kier alpha value is -1.10. The number of aromatic amines is 2. The second-order valence-electron chi connectivity index (χ2n) is 4.57. The maximum Gasteiger partial charge on any atom is 2.00 e. The first-order valence-electron chi connectivity index (χ1n) is 6.94. The standard InChI is InChI=1S/2C8H6N2OS.2Fe.2H2S/c2*12-8-10-9-7(11-8)6-4-2-1-3-5-6;;;;/h2*1-5H,(H,10,12);;;2*1H2/q;;;+2;;/p-2. The van der Waals surface area contributed by atoms with Crippen LogP contribution in [0.1, 0.15) is 0 Å². The molecule has 0 saturated heterocycles. The second-order valence-corrected chi connectivity index (χ2v) is 5.31. The van der Waals surface area contributed by atoms with Gasteiger partial charge in [-0.1, -0.05) is 36.4 Å². The van der Waals surface area contributed by atoms with E-state index in [1.54, 1.807) is 0 Å². The molecule has 0 amide bonds. The Balaban J connectivity index is 0. The van der Waals surface area contributed by atoms with Gasteiger partial charge in [0.05, 0.1) is 0 Å². The summed E-state index contributed by atoms with van der Waals surface area (Å²) >= 11 is 9.50. The fourth-order valence-electron chi connectivity index (χ4n) is 1.87. The van der Waals surface area contributed by atoms with Crippen molar-refractivity contribution in [1.29, 1.82) is 0 Å². The van der Waals surface area contributed by atoms with Gasteiger partial charge in [0.25, 0.3) is 9.67 Å². The number of hydrogen-bond donors (Lipinski definition) is 2. The maximum absolute atomic E-state index is 5.12. The van der Waals surface area contributed by atoms with Gasteiger partial charge in [-0.15, -0.1) is 10.2 Å². The van der Waals surface area contributed by atoms with Gasteiger partial charge in [-0.05, 0) is 48.7 Å². The molecule has 0 fully saturated rings. The monoisotopic (exact) mass is 534 g/mol. The minimum absolute atomic E-state index is 0. The van der Waals surface area contributed by atoms with Gasteiger partial charge in [0.15, 0.2) is 0 Å². The van der Waals surface area contributed by atoms with Gasteiger partial charge in [-0.3, -0.25) is 0 Å². The number of nitrogens with zero attached hydrogens (tertiary/aromatic N) is 2. The van der Waals surface area contributed by atoms with Crippen LogP contribution in [-0.2, 0) is 61.1 Å². The summed E-state index contributed by atoms with van der Waals surface area (Å²) in [4.78, 5) is 0.600. The SMILES string of the molecule is S=c1[nH]nc(-c2ccccc2)o1.S=c1[nH]nc(-c2ccccc2)o1.[Fe+2].[Fe].[SH-].[SH-]. The topological polar surface area (TPSA) is 83.6 Å². The van der Waals surface area contributed by atoms with E-state index in [9.17, 15) is 0 Å². The van der Waals surface area contributed by atoms with Crippen LogP contribution in [0.15, 0.2) is 69.5 Å². The number of nitrogens with one attached hydrogen (secondary N) is 2. The third-order valence-corrected chi connectivity index (χ3v) is 3.27. The summed E-state index contributed by atoms with van der Waals surface area (Å²) < 4.78 is 10.2. The Labute approximate surface area is 206 Å². The van der Waals surface area contributed by atoms with Crippen LogP contribution < -0.4 is 0 Å². The molecule has 0 aliphatic heterocycles. The number of aromatic nitrogens is 4. The van der Waals surface area contributed by atoms with Crippen LogP contribution in [0.3, 0.4) is 0 Å². The van der Waals surface area contributed by atoms with Crippen molar-refractivity contribution in [2.24, 2.45) is 0 Å². The van der Waals surface area contributed by atoms with Gasteiger partial charge >= 0.3 is 17.1 Å². The minimum Gasteiger partial charge on any atom is -0.813 e. The summed E-state index contributed by atoms with van der Waals surface area (Å²) in [6, 6.07) is 19.2. The second kappa shape index (κ2) is 14.8. The van der Waals surface area contributed by atoms with Crippen molar-refractivity contribution in [3.63, 3.8) is 0 Å². The summed E-state index contributed by atoms with van der Waals surface area (Å²) in [6.45, 7) is 0. The Morgan fingerprint density at radius 1 is 0.643 bits per heavy atom. The Morgan fingerprint density at radius 3 is 1.21 bits per heavy atom. The first-order chi connectivity index (χ1) is 11.7. The smallest absolute Gasteiger partial charge is 0.813 e. The van der Waals surface area contributed by atoms with Crippen molar-refractivity contribution in [1.82, 2.24) is 20.4 Å². The Morgan fingerprint density at radius 2 is 0.964 bits per heavy atom. The van der Waals surface area contributed by atoms with Crippen molar-refractivity contribution < 1.29 is 43.0 Å². The molecule has 0 spiro atoms. The van der Waals surface area contributed by atoms with Crippen molar-refractivity contribution in [2.75, 3.05) is 0 Å². The molecule has 0 aliphatic carbocycles. The zero-order chi connectivity index (χ0) is 16.8. The predicted molar refractivity (Wildman–Crippen MR) is 112 cm³/mol. The van der Waals surface area contributed by atoms with Crippen LogP contribution in [0, 0.1) is 9.67 Å². The molecule has 0 aliphatic rings. The zero-order valence-corrected chi connectivity index (χ0v) is 19.5. The zero-order valence-electron chi connectivity index (χ0n) is 13.9. The van der Waals surface area contributed by atoms with Crippen molar-refractivity contribution >= 4 is 51.4 Å². The summed E-state index contributed by atoms with van der Waals surface area (Å²) in [7, 11) is 0. The average Bonchev–Trinajstić information content (AvgIpc) is 3.26. The molecule has 4 aromatic rings. The van der Waals surface area contributed by atoms with Crippen LogP contribution in [0.5, 0.6) is 0 Å². The van der Waals surface area contributed by atoms with E-state index in [2.05, 4.69) is 20.4 Å². The van der Waals surface area contributed by atoms with Crippen molar-refractivity contribution in [3.05, 3.63) is 70.3 Å². The molecule has 0 atom stereocenters. The fourth-order valence-corrected chi connectivity index (χ4v) is 2.12. The number of thiol groups is 2. The third kappa shape index (κ3) is 8.50. The molecule has 6 nitrogen and oxygen atoms in total.